The van der Waals surface area contributed by atoms with Gasteiger partial charge < -0.3 is 14.6 Å². The van der Waals surface area contributed by atoms with Gasteiger partial charge in [0, 0.05) is 11.9 Å². The summed E-state index contributed by atoms with van der Waals surface area (Å²) in [4.78, 5) is 28.3. The smallest absolute Gasteiger partial charge is 0.253 e. The molecule has 0 saturated carbocycles. The lowest BCUT2D eigenvalue weighted by Crippen LogP contribution is -2.31. The van der Waals surface area contributed by atoms with E-state index < -0.39 is 0 Å². The SMILES string of the molecule is Cc1cc(C)c(SCC(=O)N(C)c2ccccc2C(=O)NCc2ccco2)c(C)c1. The largest absolute Gasteiger partial charge is 0.467 e. The topological polar surface area (TPSA) is 62.6 Å². The number of aryl methyl sites for hydroxylation is 3. The molecule has 1 heterocycles. The second-order valence-corrected chi connectivity index (χ2v) is 8.23. The first kappa shape index (κ1) is 21.7. The van der Waals surface area contributed by atoms with Crippen LogP contribution in [-0.2, 0) is 11.3 Å². The molecule has 2 aromatic carbocycles. The maximum atomic E-state index is 12.9. The predicted molar refractivity (Wildman–Crippen MR) is 121 cm³/mol. The number of benzene rings is 2. The zero-order valence-electron chi connectivity index (χ0n) is 17.7. The van der Waals surface area contributed by atoms with Gasteiger partial charge in [-0.3, -0.25) is 9.59 Å². The summed E-state index contributed by atoms with van der Waals surface area (Å²) in [5, 5.41) is 2.84. The quantitative estimate of drug-likeness (QED) is 0.551. The van der Waals surface area contributed by atoms with Gasteiger partial charge in [0.25, 0.3) is 5.91 Å². The van der Waals surface area contributed by atoms with E-state index in [4.69, 9.17) is 4.42 Å². The Morgan fingerprint density at radius 3 is 2.40 bits per heavy atom. The molecule has 156 valence electrons. The average molecular weight is 423 g/mol. The molecule has 0 bridgehead atoms. The van der Waals surface area contributed by atoms with Crippen LogP contribution in [0, 0.1) is 20.8 Å². The van der Waals surface area contributed by atoms with Crippen LogP contribution in [0.1, 0.15) is 32.8 Å². The molecule has 0 atom stereocenters. The minimum Gasteiger partial charge on any atom is -0.467 e. The van der Waals surface area contributed by atoms with Gasteiger partial charge in [0.2, 0.25) is 5.91 Å². The number of hydrogen-bond acceptors (Lipinski definition) is 4. The fraction of sp³-hybridized carbons (Fsp3) is 0.250. The van der Waals surface area contributed by atoms with Crippen molar-refractivity contribution in [3.63, 3.8) is 0 Å². The zero-order chi connectivity index (χ0) is 21.7. The second kappa shape index (κ2) is 9.67. The number of nitrogens with one attached hydrogen (secondary N) is 1. The van der Waals surface area contributed by atoms with Crippen LogP contribution in [0.5, 0.6) is 0 Å². The van der Waals surface area contributed by atoms with Crippen molar-refractivity contribution in [3.8, 4) is 0 Å². The first-order chi connectivity index (χ1) is 14.4. The molecule has 3 aromatic rings. The highest BCUT2D eigenvalue weighted by Gasteiger charge is 2.19. The molecule has 3 rings (SSSR count). The Balaban J connectivity index is 1.69. The van der Waals surface area contributed by atoms with E-state index in [1.54, 1.807) is 48.5 Å². The van der Waals surface area contributed by atoms with Gasteiger partial charge in [-0.15, -0.1) is 11.8 Å². The third-order valence-electron chi connectivity index (χ3n) is 4.83. The molecular weight excluding hydrogens is 396 g/mol. The van der Waals surface area contributed by atoms with Gasteiger partial charge in [-0.05, 0) is 56.2 Å². The number of rotatable bonds is 7. The van der Waals surface area contributed by atoms with Gasteiger partial charge in [0.05, 0.1) is 29.8 Å². The summed E-state index contributed by atoms with van der Waals surface area (Å²) in [6.07, 6.45) is 1.57. The summed E-state index contributed by atoms with van der Waals surface area (Å²) in [7, 11) is 1.70. The van der Waals surface area contributed by atoms with Gasteiger partial charge in [-0.25, -0.2) is 0 Å². The molecule has 0 fully saturated rings. The van der Waals surface area contributed by atoms with E-state index in [1.165, 1.54) is 28.5 Å². The third kappa shape index (κ3) is 5.13. The molecule has 0 unspecified atom stereocenters. The van der Waals surface area contributed by atoms with Crippen molar-refractivity contribution in [1.82, 2.24) is 5.32 Å². The maximum absolute atomic E-state index is 12.9. The van der Waals surface area contributed by atoms with E-state index in [0.29, 0.717) is 29.3 Å². The second-order valence-electron chi connectivity index (χ2n) is 7.25. The van der Waals surface area contributed by atoms with E-state index >= 15 is 0 Å². The zero-order valence-corrected chi connectivity index (χ0v) is 18.5. The molecule has 2 amide bonds. The Morgan fingerprint density at radius 2 is 1.73 bits per heavy atom. The molecule has 6 heteroatoms. The van der Waals surface area contributed by atoms with E-state index in [0.717, 1.165) is 4.90 Å². The fourth-order valence-electron chi connectivity index (χ4n) is 3.39. The highest BCUT2D eigenvalue weighted by atomic mass is 32.2. The van der Waals surface area contributed by atoms with Crippen molar-refractivity contribution in [3.05, 3.63) is 82.8 Å². The number of hydrogen-bond donors (Lipinski definition) is 1. The van der Waals surface area contributed by atoms with Crippen LogP contribution in [0.25, 0.3) is 0 Å². The number of furan rings is 1. The van der Waals surface area contributed by atoms with Gasteiger partial charge in [0.1, 0.15) is 5.76 Å². The molecule has 0 aliphatic heterocycles. The number of anilines is 1. The molecule has 0 spiro atoms. The van der Waals surface area contributed by atoms with Crippen molar-refractivity contribution < 1.29 is 14.0 Å². The molecular formula is C24H26N2O3S. The minimum atomic E-state index is -0.250. The molecule has 1 aromatic heterocycles. The molecule has 1 N–H and O–H groups in total. The van der Waals surface area contributed by atoms with Crippen LogP contribution in [-0.4, -0.2) is 24.6 Å². The summed E-state index contributed by atoms with van der Waals surface area (Å²) in [5.41, 5.74) is 4.59. The van der Waals surface area contributed by atoms with Gasteiger partial charge in [0.15, 0.2) is 0 Å². The normalized spacial score (nSPS) is 10.7. The van der Waals surface area contributed by atoms with Crippen molar-refractivity contribution in [2.45, 2.75) is 32.2 Å². The summed E-state index contributed by atoms with van der Waals surface area (Å²) in [5.74, 6) is 0.652. The fourth-order valence-corrected chi connectivity index (χ4v) is 4.43. The van der Waals surface area contributed by atoms with Crippen LogP contribution >= 0.6 is 11.8 Å². The molecule has 5 nitrogen and oxygen atoms in total. The highest BCUT2D eigenvalue weighted by molar-refractivity contribution is 8.00. The number of amides is 2. The van der Waals surface area contributed by atoms with Crippen LogP contribution < -0.4 is 10.2 Å². The van der Waals surface area contributed by atoms with E-state index in [2.05, 4.69) is 38.2 Å². The van der Waals surface area contributed by atoms with Crippen molar-refractivity contribution in [1.29, 1.82) is 0 Å². The highest BCUT2D eigenvalue weighted by Crippen LogP contribution is 2.28. The monoisotopic (exact) mass is 422 g/mol. The Labute approximate surface area is 181 Å². The number of thioether (sulfide) groups is 1. The molecule has 30 heavy (non-hydrogen) atoms. The van der Waals surface area contributed by atoms with Crippen molar-refractivity contribution >= 4 is 29.3 Å². The Hall–Kier alpha value is -2.99. The average Bonchev–Trinajstić information content (AvgIpc) is 3.24. The van der Waals surface area contributed by atoms with Crippen LogP contribution in [0.2, 0.25) is 0 Å². The Morgan fingerprint density at radius 1 is 1.03 bits per heavy atom. The summed E-state index contributed by atoms with van der Waals surface area (Å²) in [6, 6.07) is 14.9. The number of carbonyl (C=O) groups is 2. The first-order valence-electron chi connectivity index (χ1n) is 9.73. The standard InChI is InChI=1S/C24H26N2O3S/c1-16-12-17(2)23(18(3)13-16)30-15-22(27)26(4)21-10-6-5-9-20(21)24(28)25-14-19-8-7-11-29-19/h5-13H,14-15H2,1-4H3,(H,25,28). The van der Waals surface area contributed by atoms with Crippen LogP contribution in [0.3, 0.4) is 0 Å². The number of nitrogens with zero attached hydrogens (tertiary/aromatic N) is 1. The molecule has 0 aliphatic rings. The predicted octanol–water partition coefficient (Wildman–Crippen LogP) is 4.89. The van der Waals surface area contributed by atoms with Crippen molar-refractivity contribution in [2.24, 2.45) is 0 Å². The van der Waals surface area contributed by atoms with Crippen LogP contribution in [0.15, 0.2) is 64.1 Å². The Bertz CT molecular complexity index is 1020. The van der Waals surface area contributed by atoms with Crippen molar-refractivity contribution in [2.75, 3.05) is 17.7 Å². The van der Waals surface area contributed by atoms with E-state index in [9.17, 15) is 9.59 Å². The number of carbonyl (C=O) groups excluding carboxylic acids is 2. The lowest BCUT2D eigenvalue weighted by Gasteiger charge is -2.21. The maximum Gasteiger partial charge on any atom is 0.253 e. The Kier molecular flexibility index (Phi) is 7.00. The van der Waals surface area contributed by atoms with Gasteiger partial charge >= 0.3 is 0 Å². The minimum absolute atomic E-state index is 0.0642. The van der Waals surface area contributed by atoms with Gasteiger partial charge in [-0.1, -0.05) is 29.8 Å². The molecule has 0 radical (unpaired) electrons. The molecule has 0 saturated heterocycles. The van der Waals surface area contributed by atoms with E-state index in [-0.39, 0.29) is 11.8 Å². The summed E-state index contributed by atoms with van der Waals surface area (Å²) in [6.45, 7) is 6.49. The lowest BCUT2D eigenvalue weighted by molar-refractivity contribution is -0.115. The third-order valence-corrected chi connectivity index (χ3v) is 6.16. The van der Waals surface area contributed by atoms with E-state index in [1.807, 2.05) is 6.07 Å². The van der Waals surface area contributed by atoms with Gasteiger partial charge in [-0.2, -0.15) is 0 Å². The van der Waals surface area contributed by atoms with Crippen LogP contribution in [0.4, 0.5) is 5.69 Å². The molecule has 0 aliphatic carbocycles. The summed E-state index contributed by atoms with van der Waals surface area (Å²) >= 11 is 1.53. The summed E-state index contributed by atoms with van der Waals surface area (Å²) < 4.78 is 5.25. The lowest BCUT2D eigenvalue weighted by atomic mass is 10.1. The first-order valence-corrected chi connectivity index (χ1v) is 10.7. The number of para-hydroxylation sites is 1.